The second-order valence-corrected chi connectivity index (χ2v) is 14.7. The summed E-state index contributed by atoms with van der Waals surface area (Å²) in [4.78, 5) is 40.9. The second kappa shape index (κ2) is 15.3. The fourth-order valence-electron chi connectivity index (χ4n) is 5.33. The van der Waals surface area contributed by atoms with Gasteiger partial charge in [-0.3, -0.25) is 24.0 Å². The van der Waals surface area contributed by atoms with Crippen LogP contribution in [0.15, 0.2) is 102 Å². The van der Waals surface area contributed by atoms with Gasteiger partial charge in [-0.15, -0.1) is 0 Å². The lowest BCUT2D eigenvalue weighted by molar-refractivity contribution is -0.385. The molecule has 0 saturated carbocycles. The Morgan fingerprint density at radius 3 is 2.12 bits per heavy atom. The van der Waals surface area contributed by atoms with Crippen molar-refractivity contribution >= 4 is 33.2 Å². The lowest BCUT2D eigenvalue weighted by Crippen LogP contribution is -2.56. The van der Waals surface area contributed by atoms with Crippen molar-refractivity contribution in [1.82, 2.24) is 10.2 Å². The average Bonchev–Trinajstić information content (AvgIpc) is 3.05. The van der Waals surface area contributed by atoms with Gasteiger partial charge in [0.15, 0.2) is 0 Å². The van der Waals surface area contributed by atoms with E-state index in [1.807, 2.05) is 82.3 Å². The number of hydrogen-bond acceptors (Lipinski definition) is 7. The second-order valence-electron chi connectivity index (χ2n) is 12.8. The Morgan fingerprint density at radius 1 is 0.898 bits per heavy atom. The normalized spacial score (nSPS) is 12.1. The van der Waals surface area contributed by atoms with Crippen LogP contribution >= 0.6 is 0 Å². The summed E-state index contributed by atoms with van der Waals surface area (Å²) < 4.78 is 34.9. The summed E-state index contributed by atoms with van der Waals surface area (Å²) in [6, 6.07) is 25.5. The first-order valence-corrected chi connectivity index (χ1v) is 17.2. The zero-order valence-corrected chi connectivity index (χ0v) is 29.4. The number of methoxy groups -OCH3 is 1. The van der Waals surface area contributed by atoms with Gasteiger partial charge in [0, 0.05) is 30.1 Å². The van der Waals surface area contributed by atoms with Crippen LogP contribution in [-0.4, -0.2) is 55.3 Å². The highest BCUT2D eigenvalue weighted by Crippen LogP contribution is 2.30. The highest BCUT2D eigenvalue weighted by atomic mass is 32.2. The molecule has 49 heavy (non-hydrogen) atoms. The van der Waals surface area contributed by atoms with Gasteiger partial charge in [0.25, 0.3) is 15.7 Å². The molecule has 1 atom stereocenters. The highest BCUT2D eigenvalue weighted by molar-refractivity contribution is 7.92. The first-order chi connectivity index (χ1) is 23.1. The molecule has 11 nitrogen and oxygen atoms in total. The maximum Gasteiger partial charge on any atom is 0.273 e. The summed E-state index contributed by atoms with van der Waals surface area (Å²) in [7, 11) is -3.08. The van der Waals surface area contributed by atoms with E-state index in [2.05, 4.69) is 5.32 Å². The zero-order valence-electron chi connectivity index (χ0n) is 28.5. The predicted octanol–water partition coefficient (Wildman–Crippen LogP) is 5.97. The number of nitro benzene ring substituents is 1. The van der Waals surface area contributed by atoms with Gasteiger partial charge >= 0.3 is 0 Å². The molecule has 4 aromatic carbocycles. The number of aryl methyl sites for hydroxylation is 2. The van der Waals surface area contributed by atoms with Crippen LogP contribution in [0.1, 0.15) is 43.0 Å². The van der Waals surface area contributed by atoms with E-state index in [-0.39, 0.29) is 34.8 Å². The maximum absolute atomic E-state index is 14.7. The molecule has 0 saturated heterocycles. The van der Waals surface area contributed by atoms with E-state index in [4.69, 9.17) is 4.74 Å². The van der Waals surface area contributed by atoms with Crippen molar-refractivity contribution in [2.24, 2.45) is 0 Å². The van der Waals surface area contributed by atoms with E-state index in [0.29, 0.717) is 5.75 Å². The largest absolute Gasteiger partial charge is 0.497 e. The minimum atomic E-state index is -4.55. The molecule has 1 N–H and O–H groups in total. The molecule has 0 bridgehead atoms. The molecule has 4 aromatic rings. The number of nitro groups is 1. The lowest BCUT2D eigenvalue weighted by Gasteiger charge is -2.35. The number of sulfonamides is 1. The molecule has 4 rings (SSSR count). The minimum Gasteiger partial charge on any atom is -0.497 e. The van der Waals surface area contributed by atoms with Gasteiger partial charge < -0.3 is 15.0 Å². The minimum absolute atomic E-state index is 0.0209. The Hall–Kier alpha value is -5.23. The van der Waals surface area contributed by atoms with Gasteiger partial charge in [0.05, 0.1) is 22.6 Å². The van der Waals surface area contributed by atoms with Crippen molar-refractivity contribution in [2.75, 3.05) is 18.0 Å². The Labute approximate surface area is 287 Å². The van der Waals surface area contributed by atoms with E-state index in [1.165, 1.54) is 43.2 Å². The quantitative estimate of drug-likeness (QED) is 0.135. The van der Waals surface area contributed by atoms with E-state index in [9.17, 15) is 28.1 Å². The molecule has 2 amide bonds. The van der Waals surface area contributed by atoms with Crippen molar-refractivity contribution in [3.05, 3.63) is 129 Å². The number of anilines is 1. The van der Waals surface area contributed by atoms with Crippen molar-refractivity contribution < 1.29 is 27.7 Å². The van der Waals surface area contributed by atoms with Crippen molar-refractivity contribution in [3.8, 4) is 5.75 Å². The first kappa shape index (κ1) is 36.6. The summed E-state index contributed by atoms with van der Waals surface area (Å²) in [5, 5.41) is 14.8. The summed E-state index contributed by atoms with van der Waals surface area (Å²) in [5.41, 5.74) is 1.91. The molecule has 12 heteroatoms. The summed E-state index contributed by atoms with van der Waals surface area (Å²) in [6.07, 6.45) is 0.166. The Balaban J connectivity index is 1.86. The molecule has 0 heterocycles. The van der Waals surface area contributed by atoms with Gasteiger partial charge in [-0.1, -0.05) is 60.7 Å². The topological polar surface area (TPSA) is 139 Å². The predicted molar refractivity (Wildman–Crippen MR) is 189 cm³/mol. The Morgan fingerprint density at radius 2 is 1.53 bits per heavy atom. The molecule has 0 spiro atoms. The molecule has 0 aliphatic heterocycles. The number of amides is 2. The van der Waals surface area contributed by atoms with Crippen LogP contribution in [0.4, 0.5) is 11.4 Å². The van der Waals surface area contributed by atoms with Crippen molar-refractivity contribution in [2.45, 2.75) is 64.1 Å². The lowest BCUT2D eigenvalue weighted by atomic mass is 10.00. The number of carbonyl (C=O) groups excluding carboxylic acids is 2. The number of benzene rings is 4. The van der Waals surface area contributed by atoms with Gasteiger partial charge in [-0.2, -0.15) is 0 Å². The van der Waals surface area contributed by atoms with Gasteiger partial charge in [0.2, 0.25) is 11.8 Å². The number of nitrogens with zero attached hydrogens (tertiary/aromatic N) is 3. The molecule has 0 aliphatic carbocycles. The smallest absolute Gasteiger partial charge is 0.273 e. The van der Waals surface area contributed by atoms with Crippen LogP contribution in [0.25, 0.3) is 0 Å². The number of ether oxygens (including phenoxy) is 1. The maximum atomic E-state index is 14.7. The van der Waals surface area contributed by atoms with E-state index in [0.717, 1.165) is 27.1 Å². The third kappa shape index (κ3) is 9.23. The summed E-state index contributed by atoms with van der Waals surface area (Å²) in [5.74, 6) is -0.582. The molecular formula is C37H42N4O7S. The summed E-state index contributed by atoms with van der Waals surface area (Å²) in [6.45, 7) is 8.27. The monoisotopic (exact) mass is 686 g/mol. The molecule has 0 aromatic heterocycles. The third-order valence-corrected chi connectivity index (χ3v) is 9.75. The Bertz CT molecular complexity index is 1910. The van der Waals surface area contributed by atoms with Crippen LogP contribution in [0.5, 0.6) is 5.75 Å². The van der Waals surface area contributed by atoms with E-state index in [1.54, 1.807) is 12.1 Å². The first-order valence-electron chi connectivity index (χ1n) is 15.7. The fourth-order valence-corrected chi connectivity index (χ4v) is 6.76. The molecule has 0 aliphatic rings. The number of rotatable bonds is 13. The zero-order chi connectivity index (χ0) is 35.9. The van der Waals surface area contributed by atoms with Crippen molar-refractivity contribution in [3.63, 3.8) is 0 Å². The highest BCUT2D eigenvalue weighted by Gasteiger charge is 2.36. The molecule has 0 unspecified atom stereocenters. The van der Waals surface area contributed by atoms with Crippen LogP contribution < -0.4 is 14.4 Å². The third-order valence-electron chi connectivity index (χ3n) is 7.98. The molecule has 0 radical (unpaired) electrons. The van der Waals surface area contributed by atoms with Gasteiger partial charge in [-0.25, -0.2) is 8.42 Å². The fraction of sp³-hybridized carbons (Fsp3) is 0.297. The number of carbonyl (C=O) groups is 2. The SMILES string of the molecule is COc1ccc(N(CC(=O)N(Cc2ccccc2C)[C@@H](Cc2ccccc2)C(=O)NC(C)(C)C)S(=O)(=O)c2ccc(C)c([N+](=O)[O-])c2)cc1. The van der Waals surface area contributed by atoms with Gasteiger partial charge in [0.1, 0.15) is 18.3 Å². The van der Waals surface area contributed by atoms with Crippen molar-refractivity contribution in [1.29, 1.82) is 0 Å². The van der Waals surface area contributed by atoms with Crippen LogP contribution in [0.2, 0.25) is 0 Å². The average molecular weight is 687 g/mol. The molecule has 0 fully saturated rings. The van der Waals surface area contributed by atoms with Gasteiger partial charge in [-0.05, 0) is 81.6 Å². The standard InChI is InChI=1S/C37H42N4O7S/c1-26-12-10-11-15-29(26)24-39(34(36(43)38-37(3,4)5)22-28-13-8-7-9-14-28)35(42)25-40(30-17-19-31(48-6)20-18-30)49(46,47)32-21-16-27(2)33(23-32)41(44)45/h7-21,23,34H,22,24-25H2,1-6H3,(H,38,43)/t34-/m0/s1. The number of nitrogens with one attached hydrogen (secondary N) is 1. The molecular weight excluding hydrogens is 644 g/mol. The van der Waals surface area contributed by atoms with E-state index < -0.39 is 44.9 Å². The van der Waals surface area contributed by atoms with E-state index >= 15 is 0 Å². The number of hydrogen-bond donors (Lipinski definition) is 1. The molecule has 258 valence electrons. The summed E-state index contributed by atoms with van der Waals surface area (Å²) >= 11 is 0. The van der Waals surface area contributed by atoms with Crippen LogP contribution in [0, 0.1) is 24.0 Å². The Kier molecular flexibility index (Phi) is 11.5. The van der Waals surface area contributed by atoms with Crippen LogP contribution in [0.3, 0.4) is 0 Å². The van der Waals surface area contributed by atoms with Crippen LogP contribution in [-0.2, 0) is 32.6 Å².